The van der Waals surface area contributed by atoms with Crippen molar-refractivity contribution in [2.24, 2.45) is 7.05 Å². The summed E-state index contributed by atoms with van der Waals surface area (Å²) in [6.45, 7) is 1.75. The zero-order valence-electron chi connectivity index (χ0n) is 9.19. The van der Waals surface area contributed by atoms with Gasteiger partial charge in [-0.25, -0.2) is 0 Å². The number of aryl methyl sites for hydroxylation is 1. The maximum atomic E-state index is 9.75. The molecule has 0 aliphatic carbocycles. The van der Waals surface area contributed by atoms with Crippen LogP contribution in [0, 0.1) is 0 Å². The minimum absolute atomic E-state index is 0.522. The Balaban J connectivity index is 2.79. The molecule has 0 aliphatic heterocycles. The van der Waals surface area contributed by atoms with Crippen LogP contribution in [-0.4, -0.2) is 16.8 Å². The lowest BCUT2D eigenvalue weighted by atomic mass is 10.0. The van der Waals surface area contributed by atoms with Gasteiger partial charge in [0, 0.05) is 29.7 Å². The second kappa shape index (κ2) is 3.59. The fourth-order valence-corrected chi connectivity index (χ4v) is 1.96. The maximum absolute atomic E-state index is 9.75. The highest BCUT2D eigenvalue weighted by atomic mass is 16.5. The van der Waals surface area contributed by atoms with Crippen LogP contribution in [0.25, 0.3) is 10.9 Å². The summed E-state index contributed by atoms with van der Waals surface area (Å²) in [6, 6.07) is 5.89. The van der Waals surface area contributed by atoms with Gasteiger partial charge in [0.05, 0.1) is 13.2 Å². The third-order valence-corrected chi connectivity index (χ3v) is 2.71. The van der Waals surface area contributed by atoms with E-state index in [1.807, 2.05) is 36.0 Å². The number of hydrogen-bond acceptors (Lipinski definition) is 2. The van der Waals surface area contributed by atoms with E-state index >= 15 is 0 Å². The average Bonchev–Trinajstić information content (AvgIpc) is 2.58. The van der Waals surface area contributed by atoms with Gasteiger partial charge in [0.1, 0.15) is 5.75 Å². The Bertz CT molecular complexity index is 486. The number of fused-ring (bicyclic) bond motifs is 1. The molecule has 1 aromatic heterocycles. The number of hydrogen-bond donors (Lipinski definition) is 1. The highest BCUT2D eigenvalue weighted by Crippen LogP contribution is 2.33. The first-order valence-corrected chi connectivity index (χ1v) is 4.95. The molecule has 0 amide bonds. The Labute approximate surface area is 88.9 Å². The van der Waals surface area contributed by atoms with E-state index in [2.05, 4.69) is 0 Å². The summed E-state index contributed by atoms with van der Waals surface area (Å²) >= 11 is 0. The molecule has 3 nitrogen and oxygen atoms in total. The fourth-order valence-electron chi connectivity index (χ4n) is 1.96. The van der Waals surface area contributed by atoms with Crippen molar-refractivity contribution in [1.82, 2.24) is 4.57 Å². The molecule has 2 rings (SSSR count). The average molecular weight is 205 g/mol. The van der Waals surface area contributed by atoms with Crippen LogP contribution in [-0.2, 0) is 7.05 Å². The van der Waals surface area contributed by atoms with Crippen molar-refractivity contribution in [2.75, 3.05) is 7.11 Å². The highest BCUT2D eigenvalue weighted by Gasteiger charge is 2.14. The quantitative estimate of drug-likeness (QED) is 0.815. The van der Waals surface area contributed by atoms with Gasteiger partial charge in [0.2, 0.25) is 0 Å². The Hall–Kier alpha value is -1.48. The van der Waals surface area contributed by atoms with Crippen molar-refractivity contribution in [3.63, 3.8) is 0 Å². The van der Waals surface area contributed by atoms with E-state index in [0.29, 0.717) is 0 Å². The first-order chi connectivity index (χ1) is 7.15. The van der Waals surface area contributed by atoms with Crippen molar-refractivity contribution >= 4 is 10.9 Å². The molecule has 0 saturated heterocycles. The molecule has 1 atom stereocenters. The number of aromatic nitrogens is 1. The molecule has 0 bridgehead atoms. The lowest BCUT2D eigenvalue weighted by Gasteiger charge is -2.12. The summed E-state index contributed by atoms with van der Waals surface area (Å²) in [7, 11) is 3.61. The molecule has 0 aliphatic rings. The third-order valence-electron chi connectivity index (χ3n) is 2.71. The molecule has 3 heteroatoms. The highest BCUT2D eigenvalue weighted by molar-refractivity contribution is 5.86. The molecule has 15 heavy (non-hydrogen) atoms. The smallest absolute Gasteiger partial charge is 0.125 e. The van der Waals surface area contributed by atoms with E-state index in [1.165, 1.54) is 0 Å². The normalized spacial score (nSPS) is 13.1. The number of rotatable bonds is 2. The van der Waals surface area contributed by atoms with Crippen LogP contribution in [0.4, 0.5) is 0 Å². The minimum Gasteiger partial charge on any atom is -0.496 e. The van der Waals surface area contributed by atoms with Crippen molar-refractivity contribution in [3.05, 3.63) is 30.0 Å². The second-order valence-corrected chi connectivity index (χ2v) is 3.72. The lowest BCUT2D eigenvalue weighted by molar-refractivity contribution is 0.196. The molecular formula is C12H15NO2. The van der Waals surface area contributed by atoms with Crippen LogP contribution in [0.3, 0.4) is 0 Å². The van der Waals surface area contributed by atoms with E-state index < -0.39 is 6.10 Å². The standard InChI is InChI=1S/C12H15NO2/c1-8(14)12-9-6-7-13(2)10(9)4-5-11(12)15-3/h4-8,14H,1-3H3. The third kappa shape index (κ3) is 1.49. The summed E-state index contributed by atoms with van der Waals surface area (Å²) in [5.41, 5.74) is 1.96. The first-order valence-electron chi connectivity index (χ1n) is 4.95. The van der Waals surface area contributed by atoms with Crippen LogP contribution >= 0.6 is 0 Å². The molecule has 0 fully saturated rings. The zero-order valence-corrected chi connectivity index (χ0v) is 9.19. The number of ether oxygens (including phenoxy) is 1. The molecule has 2 aromatic rings. The molecular weight excluding hydrogens is 190 g/mol. The molecule has 80 valence electrons. The minimum atomic E-state index is -0.522. The van der Waals surface area contributed by atoms with Crippen molar-refractivity contribution in [3.8, 4) is 5.75 Å². The van der Waals surface area contributed by atoms with Crippen molar-refractivity contribution in [1.29, 1.82) is 0 Å². The summed E-state index contributed by atoms with van der Waals surface area (Å²) in [5.74, 6) is 0.740. The first kappa shape index (κ1) is 10.1. The van der Waals surface area contributed by atoms with Crippen LogP contribution in [0.5, 0.6) is 5.75 Å². The van der Waals surface area contributed by atoms with Gasteiger partial charge >= 0.3 is 0 Å². The molecule has 0 spiro atoms. The Morgan fingerprint density at radius 3 is 2.67 bits per heavy atom. The molecule has 1 N–H and O–H groups in total. The Morgan fingerprint density at radius 2 is 2.07 bits per heavy atom. The molecule has 1 heterocycles. The topological polar surface area (TPSA) is 34.4 Å². The van der Waals surface area contributed by atoms with Gasteiger partial charge in [0.15, 0.2) is 0 Å². The van der Waals surface area contributed by atoms with E-state index in [0.717, 1.165) is 22.2 Å². The van der Waals surface area contributed by atoms with E-state index in [4.69, 9.17) is 4.74 Å². The lowest BCUT2D eigenvalue weighted by Crippen LogP contribution is -1.97. The summed E-state index contributed by atoms with van der Waals surface area (Å²) < 4.78 is 7.28. The van der Waals surface area contributed by atoms with E-state index in [-0.39, 0.29) is 0 Å². The van der Waals surface area contributed by atoms with Crippen LogP contribution < -0.4 is 4.74 Å². The monoisotopic (exact) mass is 205 g/mol. The number of aliphatic hydroxyl groups is 1. The maximum Gasteiger partial charge on any atom is 0.125 e. The zero-order chi connectivity index (χ0) is 11.0. The van der Waals surface area contributed by atoms with Gasteiger partial charge in [-0.2, -0.15) is 0 Å². The van der Waals surface area contributed by atoms with E-state index in [9.17, 15) is 5.11 Å². The van der Waals surface area contributed by atoms with Crippen LogP contribution in [0.15, 0.2) is 24.4 Å². The molecule has 1 aromatic carbocycles. The van der Waals surface area contributed by atoms with Crippen molar-refractivity contribution < 1.29 is 9.84 Å². The van der Waals surface area contributed by atoms with Crippen molar-refractivity contribution in [2.45, 2.75) is 13.0 Å². The van der Waals surface area contributed by atoms with Crippen LogP contribution in [0.1, 0.15) is 18.6 Å². The van der Waals surface area contributed by atoms with Gasteiger partial charge < -0.3 is 14.4 Å². The van der Waals surface area contributed by atoms with Gasteiger partial charge in [-0.3, -0.25) is 0 Å². The van der Waals surface area contributed by atoms with Crippen LogP contribution in [0.2, 0.25) is 0 Å². The number of benzene rings is 1. The predicted molar refractivity (Wildman–Crippen MR) is 60.1 cm³/mol. The van der Waals surface area contributed by atoms with Gasteiger partial charge in [0.25, 0.3) is 0 Å². The second-order valence-electron chi connectivity index (χ2n) is 3.72. The number of methoxy groups -OCH3 is 1. The Kier molecular flexibility index (Phi) is 2.40. The molecule has 0 saturated carbocycles. The Morgan fingerprint density at radius 1 is 1.33 bits per heavy atom. The molecule has 0 radical (unpaired) electrons. The predicted octanol–water partition coefficient (Wildman–Crippen LogP) is 2.24. The fraction of sp³-hybridized carbons (Fsp3) is 0.333. The summed E-state index contributed by atoms with van der Waals surface area (Å²) in [4.78, 5) is 0. The SMILES string of the molecule is COc1ccc2c(ccn2C)c1C(C)O. The number of nitrogens with zero attached hydrogens (tertiary/aromatic N) is 1. The largest absolute Gasteiger partial charge is 0.496 e. The summed E-state index contributed by atoms with van der Waals surface area (Å²) in [6.07, 6.45) is 1.46. The summed E-state index contributed by atoms with van der Waals surface area (Å²) in [5, 5.41) is 10.8. The van der Waals surface area contributed by atoms with E-state index in [1.54, 1.807) is 14.0 Å². The van der Waals surface area contributed by atoms with Gasteiger partial charge in [-0.05, 0) is 25.1 Å². The van der Waals surface area contributed by atoms with Gasteiger partial charge in [-0.1, -0.05) is 0 Å². The number of aliphatic hydroxyl groups excluding tert-OH is 1. The molecule has 1 unspecified atom stereocenters. The van der Waals surface area contributed by atoms with Gasteiger partial charge in [-0.15, -0.1) is 0 Å².